The van der Waals surface area contributed by atoms with Crippen LogP contribution in [0.1, 0.15) is 27.2 Å². The van der Waals surface area contributed by atoms with Gasteiger partial charge in [0.05, 0.1) is 12.4 Å². The van der Waals surface area contributed by atoms with Gasteiger partial charge in [-0.05, 0) is 20.3 Å². The number of ether oxygens (including phenoxy) is 1. The predicted molar refractivity (Wildman–Crippen MR) is 58.0 cm³/mol. The molecule has 0 heterocycles. The molecule has 0 N–H and O–H groups in total. The van der Waals surface area contributed by atoms with Gasteiger partial charge in [-0.1, -0.05) is 6.92 Å². The van der Waals surface area contributed by atoms with Crippen LogP contribution in [-0.4, -0.2) is 44.1 Å². The van der Waals surface area contributed by atoms with E-state index in [9.17, 15) is 13.2 Å². The number of sulfonamides is 1. The van der Waals surface area contributed by atoms with E-state index in [2.05, 4.69) is 0 Å². The minimum absolute atomic E-state index is 0.00635. The van der Waals surface area contributed by atoms with E-state index in [1.54, 1.807) is 13.8 Å². The highest BCUT2D eigenvalue weighted by atomic mass is 32.2. The van der Waals surface area contributed by atoms with Gasteiger partial charge in [0.2, 0.25) is 10.0 Å². The van der Waals surface area contributed by atoms with Crippen LogP contribution >= 0.6 is 0 Å². The van der Waals surface area contributed by atoms with Gasteiger partial charge in [0.15, 0.2) is 0 Å². The van der Waals surface area contributed by atoms with E-state index in [-0.39, 0.29) is 18.9 Å². The zero-order chi connectivity index (χ0) is 11.9. The van der Waals surface area contributed by atoms with Crippen LogP contribution < -0.4 is 0 Å². The van der Waals surface area contributed by atoms with Crippen LogP contribution in [0.2, 0.25) is 0 Å². The molecule has 0 aromatic rings. The Morgan fingerprint density at radius 1 is 1.27 bits per heavy atom. The van der Waals surface area contributed by atoms with Crippen LogP contribution in [0, 0.1) is 0 Å². The molecule has 90 valence electrons. The Labute approximate surface area is 91.5 Å². The SMILES string of the molecule is CCCN(CC(=O)OCC)S(=O)(=O)CC. The number of esters is 1. The van der Waals surface area contributed by atoms with Crippen molar-refractivity contribution in [1.29, 1.82) is 0 Å². The maximum atomic E-state index is 11.5. The molecule has 0 radical (unpaired) electrons. The van der Waals surface area contributed by atoms with Crippen molar-refractivity contribution in [1.82, 2.24) is 4.31 Å². The summed E-state index contributed by atoms with van der Waals surface area (Å²) in [4.78, 5) is 11.2. The van der Waals surface area contributed by atoms with Gasteiger partial charge in [-0.3, -0.25) is 4.79 Å². The first-order valence-electron chi connectivity index (χ1n) is 5.11. The quantitative estimate of drug-likeness (QED) is 0.609. The van der Waals surface area contributed by atoms with E-state index in [0.717, 1.165) is 0 Å². The zero-order valence-electron chi connectivity index (χ0n) is 9.52. The fourth-order valence-corrected chi connectivity index (χ4v) is 2.23. The fraction of sp³-hybridized carbons (Fsp3) is 0.889. The highest BCUT2D eigenvalue weighted by molar-refractivity contribution is 7.89. The molecule has 0 saturated heterocycles. The average Bonchev–Trinajstić information content (AvgIpc) is 2.17. The van der Waals surface area contributed by atoms with Gasteiger partial charge < -0.3 is 4.74 Å². The number of hydrogen-bond acceptors (Lipinski definition) is 4. The van der Waals surface area contributed by atoms with Gasteiger partial charge in [-0.25, -0.2) is 8.42 Å². The van der Waals surface area contributed by atoms with E-state index in [0.29, 0.717) is 13.0 Å². The van der Waals surface area contributed by atoms with Crippen LogP contribution in [0.5, 0.6) is 0 Å². The number of carbonyl (C=O) groups excluding carboxylic acids is 1. The monoisotopic (exact) mass is 237 g/mol. The third-order valence-corrected chi connectivity index (χ3v) is 3.67. The lowest BCUT2D eigenvalue weighted by Crippen LogP contribution is -2.37. The first-order valence-corrected chi connectivity index (χ1v) is 6.72. The lowest BCUT2D eigenvalue weighted by Gasteiger charge is -2.19. The molecular weight excluding hydrogens is 218 g/mol. The van der Waals surface area contributed by atoms with Gasteiger partial charge in [-0.2, -0.15) is 4.31 Å². The molecule has 0 aliphatic heterocycles. The topological polar surface area (TPSA) is 63.7 Å². The maximum Gasteiger partial charge on any atom is 0.321 e. The van der Waals surface area contributed by atoms with Crippen molar-refractivity contribution in [2.45, 2.75) is 27.2 Å². The third kappa shape index (κ3) is 5.13. The summed E-state index contributed by atoms with van der Waals surface area (Å²) in [5.74, 6) is -0.491. The summed E-state index contributed by atoms with van der Waals surface area (Å²) < 4.78 is 29.0. The molecule has 0 spiro atoms. The maximum absolute atomic E-state index is 11.5. The fourth-order valence-electron chi connectivity index (χ4n) is 1.10. The van der Waals surface area contributed by atoms with Gasteiger partial charge in [-0.15, -0.1) is 0 Å². The Bertz CT molecular complexity index is 286. The first-order chi connectivity index (χ1) is 6.97. The zero-order valence-corrected chi connectivity index (χ0v) is 10.3. The number of carbonyl (C=O) groups is 1. The van der Waals surface area contributed by atoms with E-state index in [4.69, 9.17) is 4.74 Å². The number of nitrogens with zero attached hydrogens (tertiary/aromatic N) is 1. The summed E-state index contributed by atoms with van der Waals surface area (Å²) in [6.45, 7) is 5.56. The molecule has 0 amide bonds. The molecule has 0 aromatic carbocycles. The molecule has 0 atom stereocenters. The Kier molecular flexibility index (Phi) is 6.51. The molecule has 0 aromatic heterocycles. The Balaban J connectivity index is 4.48. The molecule has 0 rings (SSSR count). The second kappa shape index (κ2) is 6.79. The molecule has 0 bridgehead atoms. The van der Waals surface area contributed by atoms with Crippen LogP contribution in [0.25, 0.3) is 0 Å². The number of rotatable bonds is 7. The molecule has 0 aliphatic carbocycles. The summed E-state index contributed by atoms with van der Waals surface area (Å²) in [6.07, 6.45) is 0.679. The number of hydrogen-bond donors (Lipinski definition) is 0. The molecule has 0 unspecified atom stereocenters. The van der Waals surface area contributed by atoms with Gasteiger partial charge in [0, 0.05) is 6.54 Å². The summed E-state index contributed by atoms with van der Waals surface area (Å²) in [6, 6.07) is 0. The minimum Gasteiger partial charge on any atom is -0.465 e. The Hall–Kier alpha value is -0.620. The van der Waals surface area contributed by atoms with Crippen molar-refractivity contribution in [3.8, 4) is 0 Å². The van der Waals surface area contributed by atoms with E-state index in [1.807, 2.05) is 6.92 Å². The average molecular weight is 237 g/mol. The van der Waals surface area contributed by atoms with E-state index >= 15 is 0 Å². The molecule has 0 fully saturated rings. The van der Waals surface area contributed by atoms with Crippen molar-refractivity contribution in [2.24, 2.45) is 0 Å². The molecule has 0 aliphatic rings. The van der Waals surface area contributed by atoms with Crippen LogP contribution in [0.15, 0.2) is 0 Å². The molecule has 15 heavy (non-hydrogen) atoms. The highest BCUT2D eigenvalue weighted by Gasteiger charge is 2.22. The minimum atomic E-state index is -3.30. The van der Waals surface area contributed by atoms with Crippen molar-refractivity contribution in [2.75, 3.05) is 25.4 Å². The van der Waals surface area contributed by atoms with Crippen molar-refractivity contribution in [3.63, 3.8) is 0 Å². The van der Waals surface area contributed by atoms with Crippen molar-refractivity contribution >= 4 is 16.0 Å². The smallest absolute Gasteiger partial charge is 0.321 e. The summed E-state index contributed by atoms with van der Waals surface area (Å²) in [7, 11) is -3.30. The van der Waals surface area contributed by atoms with E-state index < -0.39 is 16.0 Å². The molecule has 0 saturated carbocycles. The Morgan fingerprint density at radius 2 is 1.87 bits per heavy atom. The second-order valence-corrected chi connectivity index (χ2v) is 5.30. The predicted octanol–water partition coefficient (Wildman–Crippen LogP) is 0.611. The lowest BCUT2D eigenvalue weighted by molar-refractivity contribution is -0.143. The van der Waals surface area contributed by atoms with Crippen LogP contribution in [0.3, 0.4) is 0 Å². The highest BCUT2D eigenvalue weighted by Crippen LogP contribution is 2.03. The standard InChI is InChI=1S/C9H19NO4S/c1-4-7-10(15(12,13)6-3)8-9(11)14-5-2/h4-8H2,1-3H3. The molecular formula is C9H19NO4S. The lowest BCUT2D eigenvalue weighted by atomic mass is 10.5. The van der Waals surface area contributed by atoms with Crippen molar-refractivity contribution in [3.05, 3.63) is 0 Å². The largest absolute Gasteiger partial charge is 0.465 e. The Morgan fingerprint density at radius 3 is 2.27 bits per heavy atom. The van der Waals surface area contributed by atoms with E-state index in [1.165, 1.54) is 4.31 Å². The third-order valence-electron chi connectivity index (χ3n) is 1.84. The van der Waals surface area contributed by atoms with Crippen molar-refractivity contribution < 1.29 is 17.9 Å². The summed E-state index contributed by atoms with van der Waals surface area (Å²) in [5, 5.41) is 0. The van der Waals surface area contributed by atoms with Crippen LogP contribution in [0.4, 0.5) is 0 Å². The first kappa shape index (κ1) is 14.4. The van der Waals surface area contributed by atoms with Crippen LogP contribution in [-0.2, 0) is 19.6 Å². The normalized spacial score (nSPS) is 11.7. The molecule has 6 heteroatoms. The molecule has 5 nitrogen and oxygen atoms in total. The summed E-state index contributed by atoms with van der Waals surface area (Å²) in [5.41, 5.74) is 0. The second-order valence-electron chi connectivity index (χ2n) is 3.04. The van der Waals surface area contributed by atoms with Gasteiger partial charge >= 0.3 is 5.97 Å². The van der Waals surface area contributed by atoms with Gasteiger partial charge in [0.25, 0.3) is 0 Å². The summed E-state index contributed by atoms with van der Waals surface area (Å²) >= 11 is 0. The van der Waals surface area contributed by atoms with Gasteiger partial charge in [0.1, 0.15) is 6.54 Å².